The van der Waals surface area contributed by atoms with Crippen molar-refractivity contribution >= 4 is 12.4 Å². The van der Waals surface area contributed by atoms with E-state index in [0.29, 0.717) is 23.4 Å². The van der Waals surface area contributed by atoms with Crippen LogP contribution in [0, 0.1) is 11.8 Å². The monoisotopic (exact) mass is 783 g/mol. The highest BCUT2D eigenvalue weighted by Gasteiger charge is 2.52. The molecule has 2 fully saturated rings. The predicted molar refractivity (Wildman–Crippen MR) is 244 cm³/mol. The fraction of sp³-hybridized carbons (Fsp3) is 0.167. The molecule has 2 bridgehead atoms. The van der Waals surface area contributed by atoms with Crippen molar-refractivity contribution in [1.29, 1.82) is 0 Å². The van der Waals surface area contributed by atoms with E-state index in [2.05, 4.69) is 158 Å². The van der Waals surface area contributed by atoms with Gasteiger partial charge in [-0.15, -0.1) is 0 Å². The third-order valence-electron chi connectivity index (χ3n) is 12.9. The molecular weight excluding hydrogens is 738 g/mol. The normalized spacial score (nSPS) is 18.5. The molecule has 1 aromatic heterocycles. The van der Waals surface area contributed by atoms with Gasteiger partial charge in [0.15, 0.2) is 17.5 Å². The van der Waals surface area contributed by atoms with Gasteiger partial charge in [0.2, 0.25) is 0 Å². The summed E-state index contributed by atoms with van der Waals surface area (Å²) >= 11 is 0. The van der Waals surface area contributed by atoms with Crippen LogP contribution < -0.4 is 5.30 Å². The molecule has 10 rings (SSSR count). The predicted octanol–water partition coefficient (Wildman–Crippen LogP) is 13.2. The minimum absolute atomic E-state index is 0.0363. The molecule has 288 valence electrons. The van der Waals surface area contributed by atoms with Gasteiger partial charge in [-0.2, -0.15) is 0 Å². The highest BCUT2D eigenvalue weighted by Crippen LogP contribution is 2.60. The maximum absolute atomic E-state index is 12.6. The summed E-state index contributed by atoms with van der Waals surface area (Å²) in [7, 11) is -2.29. The topological polar surface area (TPSA) is 55.7 Å². The molecule has 2 saturated carbocycles. The molecule has 8 aromatic rings. The van der Waals surface area contributed by atoms with E-state index in [1.165, 1.54) is 47.9 Å². The molecule has 0 N–H and O–H groups in total. The van der Waals surface area contributed by atoms with Gasteiger partial charge in [-0.05, 0) is 88.9 Å². The van der Waals surface area contributed by atoms with Gasteiger partial charge in [-0.1, -0.05) is 188 Å². The average Bonchev–Trinajstić information content (AvgIpc) is 3.93. The smallest absolute Gasteiger partial charge is 0.164 e. The van der Waals surface area contributed by atoms with Gasteiger partial charge in [-0.3, -0.25) is 0 Å². The first-order valence-corrected chi connectivity index (χ1v) is 23.4. The minimum atomic E-state index is -2.29. The Kier molecular flexibility index (Phi) is 9.54. The first kappa shape index (κ1) is 37.1. The van der Waals surface area contributed by atoms with Crippen LogP contribution in [0.15, 0.2) is 182 Å². The summed E-state index contributed by atoms with van der Waals surface area (Å²) in [5.74, 6) is 3.31. The van der Waals surface area contributed by atoms with Crippen LogP contribution in [0.1, 0.15) is 36.8 Å². The SMILES string of the molecule is CP(C)(=O)c1ccc(-c2ccc(C3(c4ccc(-c5nc(-c6ccc(-c7ccccc7)cc6)nc(-c6ccccc6-c6ccccc6)n5)cc4)CC4CCC3C4)cc2)cc1. The van der Waals surface area contributed by atoms with E-state index in [4.69, 9.17) is 15.0 Å². The van der Waals surface area contributed by atoms with Crippen LogP contribution in [0.2, 0.25) is 0 Å². The highest BCUT2D eigenvalue weighted by atomic mass is 31.2. The summed E-state index contributed by atoms with van der Waals surface area (Å²) in [5.41, 5.74) is 12.5. The van der Waals surface area contributed by atoms with E-state index in [1.54, 1.807) is 0 Å². The van der Waals surface area contributed by atoms with Crippen molar-refractivity contribution in [2.24, 2.45) is 11.8 Å². The van der Waals surface area contributed by atoms with Crippen LogP contribution in [0.25, 0.3) is 67.5 Å². The van der Waals surface area contributed by atoms with Crippen molar-refractivity contribution < 1.29 is 4.57 Å². The molecule has 0 saturated heterocycles. The lowest BCUT2D eigenvalue weighted by Crippen LogP contribution is -2.34. The van der Waals surface area contributed by atoms with Crippen LogP contribution in [-0.2, 0) is 9.98 Å². The third-order valence-corrected chi connectivity index (χ3v) is 14.4. The molecule has 59 heavy (non-hydrogen) atoms. The second-order valence-corrected chi connectivity index (χ2v) is 20.0. The second-order valence-electron chi connectivity index (χ2n) is 16.8. The van der Waals surface area contributed by atoms with Gasteiger partial charge < -0.3 is 4.57 Å². The van der Waals surface area contributed by atoms with Crippen LogP contribution in [0.3, 0.4) is 0 Å². The van der Waals surface area contributed by atoms with Crippen LogP contribution in [-0.4, -0.2) is 28.3 Å². The molecule has 3 atom stereocenters. The van der Waals surface area contributed by atoms with Gasteiger partial charge in [0, 0.05) is 27.4 Å². The lowest BCUT2D eigenvalue weighted by atomic mass is 9.64. The summed E-state index contributed by atoms with van der Waals surface area (Å²) in [5, 5.41) is 0.918. The fourth-order valence-corrected chi connectivity index (χ4v) is 10.7. The first-order valence-electron chi connectivity index (χ1n) is 20.8. The van der Waals surface area contributed by atoms with E-state index in [9.17, 15) is 4.57 Å². The Morgan fingerprint density at radius 3 is 1.37 bits per heavy atom. The molecule has 0 aliphatic heterocycles. The molecule has 1 heterocycles. The molecule has 3 unspecified atom stereocenters. The average molecular weight is 784 g/mol. The van der Waals surface area contributed by atoms with E-state index in [0.717, 1.165) is 50.2 Å². The van der Waals surface area contributed by atoms with Gasteiger partial charge in [0.05, 0.1) is 0 Å². The molecule has 0 spiro atoms. The Morgan fingerprint density at radius 2 is 0.864 bits per heavy atom. The maximum Gasteiger partial charge on any atom is 0.164 e. The summed E-state index contributed by atoms with van der Waals surface area (Å²) in [6.45, 7) is 3.66. The number of aromatic nitrogens is 3. The number of nitrogens with zero attached hydrogens (tertiary/aromatic N) is 3. The number of rotatable bonds is 9. The van der Waals surface area contributed by atoms with Gasteiger partial charge >= 0.3 is 0 Å². The molecular formula is C54H46N3OP. The summed E-state index contributed by atoms with van der Waals surface area (Å²) in [4.78, 5) is 15.5. The Labute approximate surface area is 347 Å². The lowest BCUT2D eigenvalue weighted by Gasteiger charge is -2.39. The van der Waals surface area contributed by atoms with E-state index in [1.807, 2.05) is 37.6 Å². The van der Waals surface area contributed by atoms with Crippen molar-refractivity contribution in [3.05, 3.63) is 193 Å². The van der Waals surface area contributed by atoms with Crippen molar-refractivity contribution in [1.82, 2.24) is 15.0 Å². The number of hydrogen-bond acceptors (Lipinski definition) is 4. The van der Waals surface area contributed by atoms with E-state index in [-0.39, 0.29) is 5.41 Å². The summed E-state index contributed by atoms with van der Waals surface area (Å²) in [6, 6.07) is 64.5. The zero-order chi connectivity index (χ0) is 40.0. The molecule has 2 aliphatic rings. The van der Waals surface area contributed by atoms with Crippen LogP contribution >= 0.6 is 7.14 Å². The van der Waals surface area contributed by atoms with Crippen LogP contribution in [0.5, 0.6) is 0 Å². The number of benzene rings is 7. The minimum Gasteiger partial charge on any atom is -0.319 e. The maximum atomic E-state index is 12.6. The second kappa shape index (κ2) is 15.2. The quantitative estimate of drug-likeness (QED) is 0.137. The molecule has 0 radical (unpaired) electrons. The zero-order valence-corrected chi connectivity index (χ0v) is 34.4. The highest BCUT2D eigenvalue weighted by molar-refractivity contribution is 7.70. The Balaban J connectivity index is 1.03. The van der Waals surface area contributed by atoms with Gasteiger partial charge in [-0.25, -0.2) is 15.0 Å². The lowest BCUT2D eigenvalue weighted by molar-refractivity contribution is 0.320. The van der Waals surface area contributed by atoms with E-state index < -0.39 is 7.14 Å². The largest absolute Gasteiger partial charge is 0.319 e. The Morgan fingerprint density at radius 1 is 0.441 bits per heavy atom. The van der Waals surface area contributed by atoms with Gasteiger partial charge in [0.25, 0.3) is 0 Å². The standard InChI is InChI=1S/C54H46N3OP/c1-59(2,58)48-33-26-41(27-34-48)40-22-29-45(30-23-40)54(36-37-17-28-47(54)35-37)46-31-24-44(25-32-46)52-55-51(43-20-18-39(19-21-43)38-11-5-3-6-12-38)56-53(57-52)50-16-10-9-15-49(50)42-13-7-4-8-14-42/h3-16,18-27,29-34,37,47H,17,28,35-36H2,1-2H3. The van der Waals surface area contributed by atoms with Crippen molar-refractivity contribution in [2.45, 2.75) is 31.1 Å². The van der Waals surface area contributed by atoms with Crippen molar-refractivity contribution in [2.75, 3.05) is 13.3 Å². The first-order chi connectivity index (χ1) is 28.8. The Bertz CT molecular complexity index is 2800. The Hall–Kier alpha value is -6.22. The molecule has 4 nitrogen and oxygen atoms in total. The fourth-order valence-electron chi connectivity index (χ4n) is 9.84. The molecule has 5 heteroatoms. The molecule has 7 aromatic carbocycles. The number of hydrogen-bond donors (Lipinski definition) is 0. The molecule has 2 aliphatic carbocycles. The summed E-state index contributed by atoms with van der Waals surface area (Å²) in [6.07, 6.45) is 5.03. The third kappa shape index (κ3) is 7.06. The van der Waals surface area contributed by atoms with Crippen molar-refractivity contribution in [3.8, 4) is 67.5 Å². The zero-order valence-electron chi connectivity index (χ0n) is 33.5. The summed E-state index contributed by atoms with van der Waals surface area (Å²) < 4.78 is 12.6. The van der Waals surface area contributed by atoms with Crippen LogP contribution in [0.4, 0.5) is 0 Å². The van der Waals surface area contributed by atoms with E-state index >= 15 is 0 Å². The molecule has 0 amide bonds. The van der Waals surface area contributed by atoms with Crippen molar-refractivity contribution in [3.63, 3.8) is 0 Å². The van der Waals surface area contributed by atoms with Gasteiger partial charge in [0.1, 0.15) is 7.14 Å². The number of fused-ring (bicyclic) bond motifs is 2.